The zero-order valence-electron chi connectivity index (χ0n) is 6.26. The number of hydrogen-bond donors (Lipinski definition) is 1. The Morgan fingerprint density at radius 1 is 1.30 bits per heavy atom. The van der Waals surface area contributed by atoms with E-state index in [1.807, 2.05) is 0 Å². The number of nitrogens with one attached hydrogen (secondary N) is 1. The first-order valence-corrected chi connectivity index (χ1v) is 2.86. The van der Waals surface area contributed by atoms with Crippen molar-refractivity contribution in [3.8, 4) is 0 Å². The molecule has 0 unspecified atom stereocenters. The molecular formula is C6H10N2O2. The highest BCUT2D eigenvalue weighted by atomic mass is 16.2. The van der Waals surface area contributed by atoms with E-state index in [4.69, 9.17) is 5.53 Å². The van der Waals surface area contributed by atoms with Crippen molar-refractivity contribution in [1.82, 2.24) is 0 Å². The van der Waals surface area contributed by atoms with Crippen LogP contribution in [0.2, 0.25) is 0 Å². The highest BCUT2D eigenvalue weighted by molar-refractivity contribution is 6.09. The van der Waals surface area contributed by atoms with Gasteiger partial charge < -0.3 is 0 Å². The Bertz CT molecular complexity index is 172. The molecule has 0 aliphatic rings. The van der Waals surface area contributed by atoms with Crippen molar-refractivity contribution in [3.05, 3.63) is 0 Å². The molecule has 0 bridgehead atoms. The van der Waals surface area contributed by atoms with Crippen LogP contribution in [0, 0.1) is 5.53 Å². The zero-order chi connectivity index (χ0) is 8.36. The summed E-state index contributed by atoms with van der Waals surface area (Å²) in [6.45, 7) is 3.84. The summed E-state index contributed by atoms with van der Waals surface area (Å²) in [4.78, 5) is 21.4. The number of hydrogen-bond acceptors (Lipinski definition) is 4. The molecule has 0 spiro atoms. The predicted molar refractivity (Wildman–Crippen MR) is 34.9 cm³/mol. The molecule has 0 aromatic rings. The van der Waals surface area contributed by atoms with E-state index >= 15 is 0 Å². The van der Waals surface area contributed by atoms with Crippen molar-refractivity contribution in [3.63, 3.8) is 0 Å². The summed E-state index contributed by atoms with van der Waals surface area (Å²) < 4.78 is 0. The van der Waals surface area contributed by atoms with Crippen molar-refractivity contribution in [1.29, 1.82) is 5.53 Å². The maximum atomic E-state index is 10.7. The second kappa shape index (κ2) is 2.68. The molecule has 0 rings (SSSR count). The van der Waals surface area contributed by atoms with E-state index in [9.17, 15) is 9.59 Å². The summed E-state index contributed by atoms with van der Waals surface area (Å²) in [5.41, 5.74) is 5.16. The fourth-order valence-corrected chi connectivity index (χ4v) is 0.405. The van der Waals surface area contributed by atoms with Gasteiger partial charge in [0.25, 0.3) is 0 Å². The summed E-state index contributed by atoms with van der Waals surface area (Å²) in [7, 11) is 0. The van der Waals surface area contributed by atoms with E-state index in [0.29, 0.717) is 0 Å². The highest BCUT2D eigenvalue weighted by Gasteiger charge is 2.34. The van der Waals surface area contributed by atoms with Crippen LogP contribution >= 0.6 is 0 Å². The Labute approximate surface area is 59.1 Å². The monoisotopic (exact) mass is 142 g/mol. The molecule has 0 aromatic carbocycles. The standard InChI is InChI=1S/C6H10N2O2/c1-4(9)6(3,8-7)5(2)10/h7H,1-3H3. The van der Waals surface area contributed by atoms with Gasteiger partial charge in [-0.15, -0.1) is 0 Å². The molecule has 0 aromatic heterocycles. The maximum Gasteiger partial charge on any atom is 0.193 e. The third kappa shape index (κ3) is 1.26. The lowest BCUT2D eigenvalue weighted by Crippen LogP contribution is -2.38. The molecule has 0 aliphatic carbocycles. The Morgan fingerprint density at radius 2 is 1.60 bits per heavy atom. The second-order valence-corrected chi connectivity index (χ2v) is 2.30. The van der Waals surface area contributed by atoms with Gasteiger partial charge in [0.15, 0.2) is 17.1 Å². The molecule has 1 N–H and O–H groups in total. The fraction of sp³-hybridized carbons (Fsp3) is 0.667. The molecule has 4 nitrogen and oxygen atoms in total. The van der Waals surface area contributed by atoms with E-state index in [2.05, 4.69) is 5.11 Å². The number of Topliss-reactive ketones (excluding diaryl/α,β-unsaturated/α-hetero) is 2. The second-order valence-electron chi connectivity index (χ2n) is 2.30. The van der Waals surface area contributed by atoms with Gasteiger partial charge in [-0.25, -0.2) is 5.53 Å². The average molecular weight is 142 g/mol. The first-order valence-electron chi connectivity index (χ1n) is 2.86. The van der Waals surface area contributed by atoms with Gasteiger partial charge in [-0.2, -0.15) is 5.11 Å². The zero-order valence-corrected chi connectivity index (χ0v) is 6.26. The molecule has 0 fully saturated rings. The minimum absolute atomic E-state index is 0.394. The Balaban J connectivity index is 4.72. The van der Waals surface area contributed by atoms with Crippen LogP contribution in [-0.2, 0) is 9.59 Å². The quantitative estimate of drug-likeness (QED) is 0.470. The van der Waals surface area contributed by atoms with Gasteiger partial charge in [-0.3, -0.25) is 9.59 Å². The van der Waals surface area contributed by atoms with E-state index in [0.717, 1.165) is 0 Å². The van der Waals surface area contributed by atoms with Gasteiger partial charge in [0.2, 0.25) is 0 Å². The van der Waals surface area contributed by atoms with Crippen molar-refractivity contribution < 1.29 is 9.59 Å². The maximum absolute atomic E-state index is 10.7. The van der Waals surface area contributed by atoms with Gasteiger partial charge in [0.05, 0.1) is 0 Å². The van der Waals surface area contributed by atoms with Crippen molar-refractivity contribution in [2.24, 2.45) is 5.11 Å². The van der Waals surface area contributed by atoms with Gasteiger partial charge in [-0.1, -0.05) is 0 Å². The molecule has 0 amide bonds. The predicted octanol–water partition coefficient (Wildman–Crippen LogP) is 0.954. The van der Waals surface area contributed by atoms with Crippen molar-refractivity contribution >= 4 is 11.6 Å². The molecule has 0 atom stereocenters. The first-order chi connectivity index (χ1) is 4.45. The van der Waals surface area contributed by atoms with Crippen LogP contribution in [0.1, 0.15) is 20.8 Å². The average Bonchev–Trinajstić information content (AvgIpc) is 1.85. The number of rotatable bonds is 3. The minimum Gasteiger partial charge on any atom is -0.297 e. The third-order valence-electron chi connectivity index (χ3n) is 1.59. The van der Waals surface area contributed by atoms with Crippen LogP contribution in [0.15, 0.2) is 5.11 Å². The van der Waals surface area contributed by atoms with Gasteiger partial charge in [0.1, 0.15) is 0 Å². The normalized spacial score (nSPS) is 10.7. The smallest absolute Gasteiger partial charge is 0.193 e. The lowest BCUT2D eigenvalue weighted by Gasteiger charge is -2.14. The molecule has 0 heterocycles. The fourth-order valence-electron chi connectivity index (χ4n) is 0.405. The molecular weight excluding hydrogens is 132 g/mol. The lowest BCUT2D eigenvalue weighted by atomic mass is 9.94. The van der Waals surface area contributed by atoms with Gasteiger partial charge in [0, 0.05) is 0 Å². The number of ketones is 2. The lowest BCUT2D eigenvalue weighted by molar-refractivity contribution is -0.131. The third-order valence-corrected chi connectivity index (χ3v) is 1.59. The molecule has 10 heavy (non-hydrogen) atoms. The molecule has 0 saturated heterocycles. The summed E-state index contributed by atoms with van der Waals surface area (Å²) in [6, 6.07) is 0. The van der Waals surface area contributed by atoms with E-state index in [1.54, 1.807) is 0 Å². The Kier molecular flexibility index (Phi) is 2.40. The summed E-state index contributed by atoms with van der Waals surface area (Å²) >= 11 is 0. The molecule has 56 valence electrons. The molecule has 0 radical (unpaired) electrons. The molecule has 0 saturated carbocycles. The van der Waals surface area contributed by atoms with Crippen molar-refractivity contribution in [2.45, 2.75) is 26.3 Å². The van der Waals surface area contributed by atoms with Crippen LogP contribution in [0.4, 0.5) is 0 Å². The number of carbonyl (C=O) groups excluding carboxylic acids is 2. The van der Waals surface area contributed by atoms with Crippen LogP contribution in [0.3, 0.4) is 0 Å². The first kappa shape index (κ1) is 8.94. The van der Waals surface area contributed by atoms with E-state index < -0.39 is 17.1 Å². The van der Waals surface area contributed by atoms with Gasteiger partial charge >= 0.3 is 0 Å². The van der Waals surface area contributed by atoms with E-state index in [-0.39, 0.29) is 0 Å². The van der Waals surface area contributed by atoms with Crippen LogP contribution in [0.5, 0.6) is 0 Å². The molecule has 4 heteroatoms. The highest BCUT2D eigenvalue weighted by Crippen LogP contribution is 2.11. The van der Waals surface area contributed by atoms with E-state index in [1.165, 1.54) is 20.8 Å². The largest absolute Gasteiger partial charge is 0.297 e. The molecule has 0 aliphatic heterocycles. The summed E-state index contributed by atoms with van der Waals surface area (Å²) in [5.74, 6) is -0.787. The SMILES string of the molecule is CC(=O)C(C)(N=N)C(C)=O. The number of nitrogens with zero attached hydrogens (tertiary/aromatic N) is 1. The Hall–Kier alpha value is -1.06. The van der Waals surface area contributed by atoms with Crippen LogP contribution in [-0.4, -0.2) is 17.1 Å². The number of carbonyl (C=O) groups is 2. The van der Waals surface area contributed by atoms with Gasteiger partial charge in [-0.05, 0) is 20.8 Å². The van der Waals surface area contributed by atoms with Crippen molar-refractivity contribution in [2.75, 3.05) is 0 Å². The van der Waals surface area contributed by atoms with Crippen LogP contribution < -0.4 is 0 Å². The minimum atomic E-state index is -1.44. The summed E-state index contributed by atoms with van der Waals surface area (Å²) in [6.07, 6.45) is 0. The summed E-state index contributed by atoms with van der Waals surface area (Å²) in [5, 5.41) is 2.97. The van der Waals surface area contributed by atoms with Crippen LogP contribution in [0.25, 0.3) is 0 Å². The Morgan fingerprint density at radius 3 is 1.60 bits per heavy atom. The topological polar surface area (TPSA) is 70.3 Å².